The third-order valence-corrected chi connectivity index (χ3v) is 4.23. The molecule has 5 heteroatoms. The van der Waals surface area contributed by atoms with Gasteiger partial charge in [-0.1, -0.05) is 42.0 Å². The molecule has 2 amide bonds. The summed E-state index contributed by atoms with van der Waals surface area (Å²) in [6.07, 6.45) is 3.26. The van der Waals surface area contributed by atoms with E-state index in [0.717, 1.165) is 16.7 Å². The topological polar surface area (TPSA) is 58.2 Å². The Morgan fingerprint density at radius 1 is 0.966 bits per heavy atom. The zero-order valence-corrected chi connectivity index (χ0v) is 16.0. The van der Waals surface area contributed by atoms with Crippen molar-refractivity contribution >= 4 is 23.6 Å². The lowest BCUT2D eigenvalue weighted by Gasteiger charge is -2.08. The van der Waals surface area contributed by atoms with Gasteiger partial charge in [0.2, 0.25) is 5.91 Å². The summed E-state index contributed by atoms with van der Waals surface area (Å²) in [7, 11) is 0. The van der Waals surface area contributed by atoms with Gasteiger partial charge in [0.25, 0.3) is 5.91 Å². The molecule has 0 fully saturated rings. The van der Waals surface area contributed by atoms with Crippen molar-refractivity contribution in [2.24, 2.45) is 0 Å². The maximum atomic E-state index is 13.0. The number of carbonyl (C=O) groups is 2. The highest BCUT2D eigenvalue weighted by Gasteiger charge is 2.07. The lowest BCUT2D eigenvalue weighted by Crippen LogP contribution is -2.20. The van der Waals surface area contributed by atoms with Gasteiger partial charge < -0.3 is 10.6 Å². The van der Waals surface area contributed by atoms with Crippen LogP contribution in [0.4, 0.5) is 10.1 Å². The van der Waals surface area contributed by atoms with Gasteiger partial charge in [-0.2, -0.15) is 0 Å². The van der Waals surface area contributed by atoms with Gasteiger partial charge in [0.1, 0.15) is 5.82 Å². The summed E-state index contributed by atoms with van der Waals surface area (Å²) in [5.41, 5.74) is 3.91. The van der Waals surface area contributed by atoms with E-state index in [4.69, 9.17) is 0 Å². The van der Waals surface area contributed by atoms with Crippen LogP contribution in [-0.4, -0.2) is 11.8 Å². The monoisotopic (exact) mass is 388 g/mol. The largest absolute Gasteiger partial charge is 0.348 e. The zero-order chi connectivity index (χ0) is 20.6. The fourth-order valence-electron chi connectivity index (χ4n) is 2.76. The van der Waals surface area contributed by atoms with Crippen LogP contribution >= 0.6 is 0 Å². The Labute approximate surface area is 169 Å². The van der Waals surface area contributed by atoms with Crippen molar-refractivity contribution in [2.45, 2.75) is 13.5 Å². The molecule has 0 spiro atoms. The lowest BCUT2D eigenvalue weighted by molar-refractivity contribution is -0.116. The average Bonchev–Trinajstić information content (AvgIpc) is 2.71. The summed E-state index contributed by atoms with van der Waals surface area (Å²) >= 11 is 0. The maximum absolute atomic E-state index is 13.0. The molecule has 0 aliphatic heterocycles. The second-order valence-electron chi connectivity index (χ2n) is 6.63. The molecule has 3 aromatic carbocycles. The van der Waals surface area contributed by atoms with Crippen LogP contribution in [0.25, 0.3) is 6.08 Å². The van der Waals surface area contributed by atoms with Gasteiger partial charge in [0, 0.05) is 23.9 Å². The van der Waals surface area contributed by atoms with Crippen molar-refractivity contribution in [2.75, 3.05) is 5.32 Å². The van der Waals surface area contributed by atoms with Gasteiger partial charge in [0.05, 0.1) is 0 Å². The first kappa shape index (κ1) is 20.0. The van der Waals surface area contributed by atoms with Crippen LogP contribution < -0.4 is 10.6 Å². The SMILES string of the molecule is Cc1cccc(/C=C/C(=O)NCc2cccc(NC(=O)c3ccc(F)cc3)c2)c1. The van der Waals surface area contributed by atoms with E-state index in [2.05, 4.69) is 10.6 Å². The summed E-state index contributed by atoms with van der Waals surface area (Å²) < 4.78 is 13.0. The van der Waals surface area contributed by atoms with E-state index in [1.54, 1.807) is 24.3 Å². The first-order valence-corrected chi connectivity index (χ1v) is 9.18. The number of rotatable bonds is 6. The minimum Gasteiger partial charge on any atom is -0.348 e. The Bertz CT molecular complexity index is 1040. The maximum Gasteiger partial charge on any atom is 0.255 e. The van der Waals surface area contributed by atoms with Gasteiger partial charge >= 0.3 is 0 Å². The molecule has 4 nitrogen and oxygen atoms in total. The lowest BCUT2D eigenvalue weighted by atomic mass is 10.1. The summed E-state index contributed by atoms with van der Waals surface area (Å²) in [6.45, 7) is 2.33. The van der Waals surface area contributed by atoms with Crippen molar-refractivity contribution < 1.29 is 14.0 Å². The normalized spacial score (nSPS) is 10.7. The van der Waals surface area contributed by atoms with E-state index in [1.165, 1.54) is 30.3 Å². The van der Waals surface area contributed by atoms with Crippen LogP contribution in [0, 0.1) is 12.7 Å². The molecule has 0 aliphatic rings. The van der Waals surface area contributed by atoms with Crippen molar-refractivity contribution in [1.82, 2.24) is 5.32 Å². The number of anilines is 1. The molecule has 0 heterocycles. The number of hydrogen-bond donors (Lipinski definition) is 2. The first-order chi connectivity index (χ1) is 14.0. The predicted molar refractivity (Wildman–Crippen MR) is 113 cm³/mol. The molecule has 146 valence electrons. The molecule has 2 N–H and O–H groups in total. The van der Waals surface area contributed by atoms with Crippen LogP contribution in [0.2, 0.25) is 0 Å². The molecule has 0 radical (unpaired) electrons. The van der Waals surface area contributed by atoms with E-state index in [9.17, 15) is 14.0 Å². The van der Waals surface area contributed by atoms with Gasteiger partial charge in [-0.3, -0.25) is 9.59 Å². The summed E-state index contributed by atoms with van der Waals surface area (Å²) in [6, 6.07) is 20.4. The molecule has 0 saturated heterocycles. The van der Waals surface area contributed by atoms with Crippen LogP contribution in [0.1, 0.15) is 27.0 Å². The highest BCUT2D eigenvalue weighted by Crippen LogP contribution is 2.13. The molecule has 0 atom stereocenters. The Hall–Kier alpha value is -3.73. The van der Waals surface area contributed by atoms with E-state index < -0.39 is 5.82 Å². The second kappa shape index (κ2) is 9.46. The van der Waals surface area contributed by atoms with E-state index >= 15 is 0 Å². The third-order valence-electron chi connectivity index (χ3n) is 4.23. The highest BCUT2D eigenvalue weighted by molar-refractivity contribution is 6.04. The van der Waals surface area contributed by atoms with Gasteiger partial charge in [-0.25, -0.2) is 4.39 Å². The van der Waals surface area contributed by atoms with Gasteiger partial charge in [0.15, 0.2) is 0 Å². The van der Waals surface area contributed by atoms with Crippen molar-refractivity contribution in [1.29, 1.82) is 0 Å². The number of hydrogen-bond acceptors (Lipinski definition) is 2. The number of halogens is 1. The van der Waals surface area contributed by atoms with Gasteiger partial charge in [-0.15, -0.1) is 0 Å². The molecule has 0 unspecified atom stereocenters. The fraction of sp³-hybridized carbons (Fsp3) is 0.0833. The van der Waals surface area contributed by atoms with E-state index in [-0.39, 0.29) is 11.8 Å². The van der Waals surface area contributed by atoms with E-state index in [0.29, 0.717) is 17.8 Å². The van der Waals surface area contributed by atoms with Crippen molar-refractivity contribution in [3.63, 3.8) is 0 Å². The number of carbonyl (C=O) groups excluding carboxylic acids is 2. The third kappa shape index (κ3) is 6.14. The smallest absolute Gasteiger partial charge is 0.255 e. The molecular weight excluding hydrogens is 367 g/mol. The Morgan fingerprint density at radius 3 is 2.48 bits per heavy atom. The van der Waals surface area contributed by atoms with Crippen LogP contribution in [0.5, 0.6) is 0 Å². The zero-order valence-electron chi connectivity index (χ0n) is 16.0. The van der Waals surface area contributed by atoms with Crippen molar-refractivity contribution in [3.8, 4) is 0 Å². The van der Waals surface area contributed by atoms with Crippen LogP contribution in [0.3, 0.4) is 0 Å². The number of benzene rings is 3. The minimum absolute atomic E-state index is 0.202. The Morgan fingerprint density at radius 2 is 1.72 bits per heavy atom. The van der Waals surface area contributed by atoms with Crippen LogP contribution in [-0.2, 0) is 11.3 Å². The minimum atomic E-state index is -0.393. The number of amides is 2. The highest BCUT2D eigenvalue weighted by atomic mass is 19.1. The number of nitrogens with one attached hydrogen (secondary N) is 2. The van der Waals surface area contributed by atoms with Crippen LogP contribution in [0.15, 0.2) is 78.9 Å². The molecule has 0 aliphatic carbocycles. The fourth-order valence-corrected chi connectivity index (χ4v) is 2.76. The molecule has 29 heavy (non-hydrogen) atoms. The average molecular weight is 388 g/mol. The summed E-state index contributed by atoms with van der Waals surface area (Å²) in [5, 5.41) is 5.59. The Balaban J connectivity index is 1.56. The van der Waals surface area contributed by atoms with Gasteiger partial charge in [-0.05, 0) is 60.5 Å². The molecule has 0 bridgehead atoms. The summed E-state index contributed by atoms with van der Waals surface area (Å²) in [4.78, 5) is 24.3. The Kier molecular flexibility index (Phi) is 6.53. The molecule has 0 aromatic heterocycles. The van der Waals surface area contributed by atoms with E-state index in [1.807, 2.05) is 37.3 Å². The molecule has 3 rings (SSSR count). The second-order valence-corrected chi connectivity index (χ2v) is 6.63. The molecular formula is C24H21FN2O2. The number of aryl methyl sites for hydroxylation is 1. The molecule has 3 aromatic rings. The predicted octanol–water partition coefficient (Wildman–Crippen LogP) is 4.72. The summed E-state index contributed by atoms with van der Waals surface area (Å²) in [5.74, 6) is -0.921. The first-order valence-electron chi connectivity index (χ1n) is 9.18. The quantitative estimate of drug-likeness (QED) is 0.601. The standard InChI is InChI=1S/C24H21FN2O2/c1-17-4-2-5-18(14-17)8-13-23(28)26-16-19-6-3-7-22(15-19)27-24(29)20-9-11-21(25)12-10-20/h2-15H,16H2,1H3,(H,26,28)(H,27,29)/b13-8+. The molecule has 0 saturated carbocycles. The van der Waals surface area contributed by atoms with Crippen molar-refractivity contribution in [3.05, 3.63) is 107 Å².